The van der Waals surface area contributed by atoms with E-state index in [0.717, 1.165) is 6.26 Å². The van der Waals surface area contributed by atoms with Crippen LogP contribution in [0.25, 0.3) is 0 Å². The SMILES string of the molecule is Cc1ccc(S(C)(=O)=O)cc1C(=O)OC(C(=O)Nc1ccc([N+](=O)[O-])cc1Br)c1ccccc1. The number of aryl methyl sites for hydroxylation is 1. The van der Waals surface area contributed by atoms with Crippen LogP contribution in [0, 0.1) is 17.0 Å². The number of amides is 1. The second kappa shape index (κ2) is 10.1. The Morgan fingerprint density at radius 3 is 2.32 bits per heavy atom. The van der Waals surface area contributed by atoms with Crippen molar-refractivity contribution in [3.63, 3.8) is 0 Å². The molecule has 0 spiro atoms. The third-order valence-corrected chi connectivity index (χ3v) is 6.61. The van der Waals surface area contributed by atoms with Crippen LogP contribution in [0.4, 0.5) is 11.4 Å². The van der Waals surface area contributed by atoms with Gasteiger partial charge < -0.3 is 10.1 Å². The normalized spacial score (nSPS) is 12.0. The molecule has 0 aliphatic carbocycles. The number of sulfone groups is 1. The highest BCUT2D eigenvalue weighted by Gasteiger charge is 2.27. The number of halogens is 1. The number of nitro groups is 1. The molecule has 1 atom stereocenters. The number of carbonyl (C=O) groups is 2. The number of nitrogens with zero attached hydrogens (tertiary/aromatic N) is 1. The molecule has 0 aliphatic rings. The molecular weight excluding hydrogens is 528 g/mol. The highest BCUT2D eigenvalue weighted by atomic mass is 79.9. The minimum Gasteiger partial charge on any atom is -0.444 e. The van der Waals surface area contributed by atoms with Crippen LogP contribution in [0.2, 0.25) is 0 Å². The third-order valence-electron chi connectivity index (χ3n) is 4.84. The molecule has 34 heavy (non-hydrogen) atoms. The molecule has 11 heteroatoms. The molecule has 1 N–H and O–H groups in total. The molecule has 1 amide bonds. The smallest absolute Gasteiger partial charge is 0.339 e. The summed E-state index contributed by atoms with van der Waals surface area (Å²) in [5.74, 6) is -1.58. The monoisotopic (exact) mass is 546 g/mol. The van der Waals surface area contributed by atoms with Crippen LogP contribution < -0.4 is 5.32 Å². The van der Waals surface area contributed by atoms with Crippen molar-refractivity contribution in [2.75, 3.05) is 11.6 Å². The van der Waals surface area contributed by atoms with Crippen LogP contribution in [0.3, 0.4) is 0 Å². The van der Waals surface area contributed by atoms with E-state index in [-0.39, 0.29) is 26.3 Å². The van der Waals surface area contributed by atoms with Gasteiger partial charge in [0.2, 0.25) is 6.10 Å². The minimum atomic E-state index is -3.57. The maximum Gasteiger partial charge on any atom is 0.339 e. The van der Waals surface area contributed by atoms with Crippen LogP contribution in [0.15, 0.2) is 76.1 Å². The van der Waals surface area contributed by atoms with Gasteiger partial charge >= 0.3 is 5.97 Å². The van der Waals surface area contributed by atoms with Crippen molar-refractivity contribution in [3.8, 4) is 0 Å². The van der Waals surface area contributed by atoms with E-state index in [4.69, 9.17) is 4.74 Å². The van der Waals surface area contributed by atoms with E-state index in [2.05, 4.69) is 21.2 Å². The van der Waals surface area contributed by atoms with E-state index >= 15 is 0 Å². The zero-order chi connectivity index (χ0) is 25.0. The third kappa shape index (κ3) is 5.86. The second-order valence-electron chi connectivity index (χ2n) is 7.36. The van der Waals surface area contributed by atoms with Crippen molar-refractivity contribution in [2.24, 2.45) is 0 Å². The first kappa shape index (κ1) is 25.1. The summed E-state index contributed by atoms with van der Waals surface area (Å²) < 4.78 is 29.6. The molecule has 0 radical (unpaired) electrons. The van der Waals surface area contributed by atoms with Gasteiger partial charge in [-0.3, -0.25) is 14.9 Å². The maximum atomic E-state index is 13.1. The summed E-state index contributed by atoms with van der Waals surface area (Å²) in [7, 11) is -3.57. The molecule has 0 heterocycles. The summed E-state index contributed by atoms with van der Waals surface area (Å²) in [6.45, 7) is 1.62. The average Bonchev–Trinajstić information content (AvgIpc) is 2.78. The Kier molecular flexibility index (Phi) is 7.48. The number of anilines is 1. The summed E-state index contributed by atoms with van der Waals surface area (Å²) in [5.41, 5.74) is 0.930. The van der Waals surface area contributed by atoms with Crippen molar-refractivity contribution in [1.82, 2.24) is 0 Å². The Labute approximate surface area is 204 Å². The summed E-state index contributed by atoms with van der Waals surface area (Å²) in [5, 5.41) is 13.6. The molecule has 0 aromatic heterocycles. The first-order chi connectivity index (χ1) is 16.0. The molecule has 3 aromatic rings. The number of rotatable bonds is 7. The van der Waals surface area contributed by atoms with E-state index < -0.39 is 32.7 Å². The first-order valence-corrected chi connectivity index (χ1v) is 12.5. The highest BCUT2D eigenvalue weighted by molar-refractivity contribution is 9.10. The van der Waals surface area contributed by atoms with E-state index in [0.29, 0.717) is 11.1 Å². The lowest BCUT2D eigenvalue weighted by Gasteiger charge is -2.19. The number of ether oxygens (including phenoxy) is 1. The summed E-state index contributed by atoms with van der Waals surface area (Å²) >= 11 is 3.19. The van der Waals surface area contributed by atoms with E-state index in [1.54, 1.807) is 37.3 Å². The van der Waals surface area contributed by atoms with Gasteiger partial charge in [-0.2, -0.15) is 0 Å². The Hall–Kier alpha value is -3.57. The Morgan fingerprint density at radius 2 is 1.74 bits per heavy atom. The van der Waals surface area contributed by atoms with Gasteiger partial charge in [-0.05, 0) is 46.6 Å². The van der Waals surface area contributed by atoms with Crippen molar-refractivity contribution in [3.05, 3.63) is 98.0 Å². The number of hydrogen-bond donors (Lipinski definition) is 1. The molecule has 0 fully saturated rings. The van der Waals surface area contributed by atoms with Gasteiger partial charge in [0.25, 0.3) is 11.6 Å². The van der Waals surface area contributed by atoms with Crippen molar-refractivity contribution in [1.29, 1.82) is 0 Å². The molecule has 176 valence electrons. The van der Waals surface area contributed by atoms with Crippen LogP contribution in [0.5, 0.6) is 0 Å². The predicted molar refractivity (Wildman–Crippen MR) is 128 cm³/mol. The fraction of sp³-hybridized carbons (Fsp3) is 0.130. The molecule has 0 aliphatic heterocycles. The quantitative estimate of drug-likeness (QED) is 0.260. The molecule has 9 nitrogen and oxygen atoms in total. The molecule has 1 unspecified atom stereocenters. The highest BCUT2D eigenvalue weighted by Crippen LogP contribution is 2.29. The first-order valence-electron chi connectivity index (χ1n) is 9.79. The topological polar surface area (TPSA) is 133 Å². The van der Waals surface area contributed by atoms with E-state index in [1.165, 1.54) is 36.4 Å². The van der Waals surface area contributed by atoms with Gasteiger partial charge in [-0.1, -0.05) is 36.4 Å². The standard InChI is InChI=1S/C23H19BrN2O7S/c1-14-8-10-17(34(2,31)32)13-18(14)23(28)33-21(15-6-4-3-5-7-15)22(27)25-20-11-9-16(26(29)30)12-19(20)24/h3-13,21H,1-2H3,(H,25,27). The molecule has 3 aromatic carbocycles. The lowest BCUT2D eigenvalue weighted by molar-refractivity contribution is -0.384. The largest absolute Gasteiger partial charge is 0.444 e. The Morgan fingerprint density at radius 1 is 1.06 bits per heavy atom. The number of non-ortho nitro benzene ring substituents is 1. The Bertz CT molecular complexity index is 1380. The van der Waals surface area contributed by atoms with Crippen molar-refractivity contribution >= 4 is 49.0 Å². The number of esters is 1. The number of benzene rings is 3. The average molecular weight is 547 g/mol. The van der Waals surface area contributed by atoms with Crippen LogP contribution in [-0.2, 0) is 19.4 Å². The van der Waals surface area contributed by atoms with Gasteiger partial charge in [0, 0.05) is 28.4 Å². The number of nitrogens with one attached hydrogen (secondary N) is 1. The number of hydrogen-bond acceptors (Lipinski definition) is 7. The summed E-state index contributed by atoms with van der Waals surface area (Å²) in [6.07, 6.45) is -0.355. The Balaban J connectivity index is 1.93. The van der Waals surface area contributed by atoms with E-state index in [9.17, 15) is 28.1 Å². The summed E-state index contributed by atoms with van der Waals surface area (Å²) in [6, 6.07) is 16.2. The molecular formula is C23H19BrN2O7S. The van der Waals surface area contributed by atoms with Gasteiger partial charge in [0.15, 0.2) is 9.84 Å². The lowest BCUT2D eigenvalue weighted by atomic mass is 10.1. The van der Waals surface area contributed by atoms with Crippen LogP contribution >= 0.6 is 15.9 Å². The van der Waals surface area contributed by atoms with Gasteiger partial charge in [0.1, 0.15) is 0 Å². The predicted octanol–water partition coefficient (Wildman–Crippen LogP) is 4.61. The second-order valence-corrected chi connectivity index (χ2v) is 10.2. The summed E-state index contributed by atoms with van der Waals surface area (Å²) in [4.78, 5) is 36.4. The number of nitro benzene ring substituents is 1. The van der Waals surface area contributed by atoms with Crippen LogP contribution in [-0.4, -0.2) is 31.5 Å². The molecule has 0 saturated carbocycles. The molecule has 0 saturated heterocycles. The minimum absolute atomic E-state index is 0.00757. The zero-order valence-electron chi connectivity index (χ0n) is 18.0. The van der Waals surface area contributed by atoms with Crippen molar-refractivity contribution in [2.45, 2.75) is 17.9 Å². The zero-order valence-corrected chi connectivity index (χ0v) is 20.4. The van der Waals surface area contributed by atoms with Gasteiger partial charge in [-0.25, -0.2) is 13.2 Å². The lowest BCUT2D eigenvalue weighted by Crippen LogP contribution is -2.26. The fourth-order valence-corrected chi connectivity index (χ4v) is 4.15. The van der Waals surface area contributed by atoms with Gasteiger partial charge in [0.05, 0.1) is 21.1 Å². The molecule has 3 rings (SSSR count). The van der Waals surface area contributed by atoms with Gasteiger partial charge in [-0.15, -0.1) is 0 Å². The van der Waals surface area contributed by atoms with E-state index in [1.807, 2.05) is 0 Å². The van der Waals surface area contributed by atoms with Crippen LogP contribution in [0.1, 0.15) is 27.6 Å². The number of carbonyl (C=O) groups excluding carboxylic acids is 2. The molecule has 0 bridgehead atoms. The maximum absolute atomic E-state index is 13.1. The van der Waals surface area contributed by atoms with Crippen molar-refractivity contribution < 1.29 is 27.7 Å². The fourth-order valence-electron chi connectivity index (χ4n) is 3.04.